The van der Waals surface area contributed by atoms with E-state index in [0.717, 1.165) is 6.42 Å². The molecule has 0 aliphatic heterocycles. The molecule has 0 aromatic heterocycles. The first-order valence-corrected chi connectivity index (χ1v) is 8.15. The second-order valence-electron chi connectivity index (χ2n) is 5.56. The lowest BCUT2D eigenvalue weighted by Gasteiger charge is -2.10. The van der Waals surface area contributed by atoms with Crippen molar-refractivity contribution in [1.29, 1.82) is 0 Å². The minimum absolute atomic E-state index is 0.0113. The van der Waals surface area contributed by atoms with Crippen molar-refractivity contribution in [2.24, 2.45) is 21.5 Å². The third kappa shape index (κ3) is 9.29. The van der Waals surface area contributed by atoms with Crippen molar-refractivity contribution in [2.45, 2.75) is 46.5 Å². The zero-order valence-electron chi connectivity index (χ0n) is 15.1. The van der Waals surface area contributed by atoms with Crippen LogP contribution >= 0.6 is 0 Å². The van der Waals surface area contributed by atoms with E-state index in [-0.39, 0.29) is 11.4 Å². The van der Waals surface area contributed by atoms with Gasteiger partial charge in [0.05, 0.1) is 0 Å². The van der Waals surface area contributed by atoms with Crippen molar-refractivity contribution < 1.29 is 19.8 Å². The van der Waals surface area contributed by atoms with E-state index in [2.05, 4.69) is 9.98 Å². The van der Waals surface area contributed by atoms with Gasteiger partial charge in [0.25, 0.3) is 0 Å². The van der Waals surface area contributed by atoms with Crippen LogP contribution in [0.3, 0.4) is 0 Å². The highest BCUT2D eigenvalue weighted by Crippen LogP contribution is 2.14. The van der Waals surface area contributed by atoms with Gasteiger partial charge in [0.1, 0.15) is 11.4 Å². The lowest BCUT2D eigenvalue weighted by Crippen LogP contribution is -2.19. The predicted molar refractivity (Wildman–Crippen MR) is 98.8 cm³/mol. The molecule has 0 aromatic carbocycles. The molecule has 0 radical (unpaired) electrons. The third-order valence-electron chi connectivity index (χ3n) is 3.23. The Labute approximate surface area is 148 Å². The number of carboxylic acids is 2. The van der Waals surface area contributed by atoms with E-state index in [4.69, 9.17) is 16.6 Å². The number of carboxylic acid groups (broad SMARTS) is 2. The molecule has 0 bridgehead atoms. The number of allylic oxidation sites excluding steroid dienone is 2. The number of aliphatic imine (C=N–C) groups is 2. The summed E-state index contributed by atoms with van der Waals surface area (Å²) >= 11 is 0. The fourth-order valence-electron chi connectivity index (χ4n) is 2.13. The quantitative estimate of drug-likeness (QED) is 0.328. The van der Waals surface area contributed by atoms with Gasteiger partial charge in [-0.25, -0.2) is 9.59 Å². The Morgan fingerprint density at radius 1 is 1.00 bits per heavy atom. The molecule has 0 aliphatic rings. The first-order chi connectivity index (χ1) is 11.7. The van der Waals surface area contributed by atoms with E-state index in [1.165, 1.54) is 6.08 Å². The number of unbranched alkanes of at least 4 members (excludes halogenated alkanes) is 2. The summed E-state index contributed by atoms with van der Waals surface area (Å²) in [5.41, 5.74) is 12.6. The number of nitrogens with two attached hydrogens (primary N) is 2. The van der Waals surface area contributed by atoms with Gasteiger partial charge in [-0.3, -0.25) is 9.98 Å². The summed E-state index contributed by atoms with van der Waals surface area (Å²) in [5, 5.41) is 18.2. The summed E-state index contributed by atoms with van der Waals surface area (Å²) in [6.45, 7) is 5.76. The van der Waals surface area contributed by atoms with Crippen molar-refractivity contribution in [3.8, 4) is 0 Å². The topological polar surface area (TPSA) is 151 Å². The van der Waals surface area contributed by atoms with Crippen molar-refractivity contribution in [2.75, 3.05) is 13.1 Å². The highest BCUT2D eigenvalue weighted by molar-refractivity contribution is 6.42. The van der Waals surface area contributed by atoms with Gasteiger partial charge in [0, 0.05) is 30.1 Å². The molecular weight excluding hydrogens is 324 g/mol. The van der Waals surface area contributed by atoms with Crippen LogP contribution in [0.4, 0.5) is 0 Å². The molecule has 0 unspecified atom stereocenters. The molecule has 0 atom stereocenters. The number of carbonyl (C=O) groups is 2. The van der Waals surface area contributed by atoms with E-state index in [1.54, 1.807) is 20.8 Å². The van der Waals surface area contributed by atoms with Crippen molar-refractivity contribution in [3.05, 3.63) is 23.0 Å². The second kappa shape index (κ2) is 11.8. The van der Waals surface area contributed by atoms with Gasteiger partial charge in [-0.15, -0.1) is 0 Å². The molecule has 0 rings (SSSR count). The van der Waals surface area contributed by atoms with Crippen molar-refractivity contribution in [3.63, 3.8) is 0 Å². The molecule has 0 fully saturated rings. The van der Waals surface area contributed by atoms with Crippen LogP contribution in [0.1, 0.15) is 46.5 Å². The molecule has 8 heteroatoms. The van der Waals surface area contributed by atoms with Crippen LogP contribution in [-0.4, -0.2) is 46.7 Å². The van der Waals surface area contributed by atoms with Gasteiger partial charge < -0.3 is 21.7 Å². The molecule has 6 N–H and O–H groups in total. The second-order valence-corrected chi connectivity index (χ2v) is 5.56. The summed E-state index contributed by atoms with van der Waals surface area (Å²) < 4.78 is 0. The Kier molecular flexibility index (Phi) is 10.6. The Hall–Kier alpha value is -2.64. The van der Waals surface area contributed by atoms with Gasteiger partial charge >= 0.3 is 11.9 Å². The first kappa shape index (κ1) is 22.4. The Bertz CT molecular complexity index is 596. The van der Waals surface area contributed by atoms with Crippen LogP contribution in [-0.2, 0) is 9.59 Å². The maximum absolute atomic E-state index is 11.3. The highest BCUT2D eigenvalue weighted by atomic mass is 16.4. The molecule has 0 amide bonds. The number of aliphatic carboxylic acids is 2. The van der Waals surface area contributed by atoms with Crippen molar-refractivity contribution >= 4 is 23.4 Å². The lowest BCUT2D eigenvalue weighted by atomic mass is 10.0. The average Bonchev–Trinajstić information content (AvgIpc) is 2.50. The molecule has 25 heavy (non-hydrogen) atoms. The van der Waals surface area contributed by atoms with E-state index >= 15 is 0 Å². The molecule has 0 heterocycles. The number of hydrogen-bond donors (Lipinski definition) is 4. The normalized spacial score (nSPS) is 14.3. The molecule has 140 valence electrons. The number of nitrogens with zero attached hydrogens (tertiary/aromatic N) is 2. The Balaban J connectivity index is 4.63. The van der Waals surface area contributed by atoms with Crippen LogP contribution in [0.5, 0.6) is 0 Å². The summed E-state index contributed by atoms with van der Waals surface area (Å²) in [6, 6.07) is 0. The SMILES string of the molecule is CCN=C(C(=O)O)C(CCCCCN=C(C=C(C)N)C(=O)O)=C(C)N. The summed E-state index contributed by atoms with van der Waals surface area (Å²) in [7, 11) is 0. The number of hydrogen-bond acceptors (Lipinski definition) is 6. The minimum Gasteiger partial charge on any atom is -0.477 e. The van der Waals surface area contributed by atoms with Crippen LogP contribution in [0.2, 0.25) is 0 Å². The van der Waals surface area contributed by atoms with Crippen LogP contribution in [0, 0.1) is 0 Å². The largest absolute Gasteiger partial charge is 0.477 e. The summed E-state index contributed by atoms with van der Waals surface area (Å²) in [6.07, 6.45) is 3.98. The van der Waals surface area contributed by atoms with Crippen LogP contribution in [0.25, 0.3) is 0 Å². The van der Waals surface area contributed by atoms with E-state index in [1.807, 2.05) is 0 Å². The van der Waals surface area contributed by atoms with Gasteiger partial charge in [-0.2, -0.15) is 0 Å². The van der Waals surface area contributed by atoms with E-state index in [9.17, 15) is 14.7 Å². The zero-order valence-corrected chi connectivity index (χ0v) is 15.1. The van der Waals surface area contributed by atoms with Gasteiger partial charge in [0.2, 0.25) is 0 Å². The Morgan fingerprint density at radius 2 is 1.64 bits per heavy atom. The predicted octanol–water partition coefficient (Wildman–Crippen LogP) is 1.71. The van der Waals surface area contributed by atoms with Crippen LogP contribution in [0.15, 0.2) is 33.0 Å². The molecule has 0 aromatic rings. The molecule has 0 saturated heterocycles. The third-order valence-corrected chi connectivity index (χ3v) is 3.23. The molecule has 0 aliphatic carbocycles. The molecule has 0 spiro atoms. The smallest absolute Gasteiger partial charge is 0.354 e. The minimum atomic E-state index is -1.12. The number of rotatable bonds is 11. The first-order valence-electron chi connectivity index (χ1n) is 8.15. The zero-order chi connectivity index (χ0) is 19.4. The maximum Gasteiger partial charge on any atom is 0.354 e. The van der Waals surface area contributed by atoms with E-state index < -0.39 is 11.9 Å². The monoisotopic (exact) mass is 352 g/mol. The fourth-order valence-corrected chi connectivity index (χ4v) is 2.13. The fraction of sp³-hybridized carbons (Fsp3) is 0.529. The van der Waals surface area contributed by atoms with Gasteiger partial charge in [-0.05, 0) is 46.1 Å². The highest BCUT2D eigenvalue weighted by Gasteiger charge is 2.16. The maximum atomic E-state index is 11.3. The standard InChI is InChI=1S/C17H28N4O4/c1-4-20-15(17(24)25)13(12(3)19)8-6-5-7-9-21-14(16(22)23)10-11(2)18/h10H,4-9,18-19H2,1-3H3,(H,22,23)(H,24,25). The van der Waals surface area contributed by atoms with Gasteiger partial charge in [-0.1, -0.05) is 6.42 Å². The van der Waals surface area contributed by atoms with Crippen molar-refractivity contribution in [1.82, 2.24) is 0 Å². The summed E-state index contributed by atoms with van der Waals surface area (Å²) in [5.74, 6) is -2.20. The summed E-state index contributed by atoms with van der Waals surface area (Å²) in [4.78, 5) is 30.3. The lowest BCUT2D eigenvalue weighted by molar-refractivity contribution is -0.130. The van der Waals surface area contributed by atoms with E-state index in [0.29, 0.717) is 49.3 Å². The average molecular weight is 352 g/mol. The molecule has 0 saturated carbocycles. The van der Waals surface area contributed by atoms with Crippen LogP contribution < -0.4 is 11.5 Å². The molecule has 8 nitrogen and oxygen atoms in total. The molecular formula is C17H28N4O4. The Morgan fingerprint density at radius 3 is 2.08 bits per heavy atom. The van der Waals surface area contributed by atoms with Gasteiger partial charge in [0.15, 0.2) is 0 Å².